The lowest BCUT2D eigenvalue weighted by molar-refractivity contribution is 0.685. The van der Waals surface area contributed by atoms with Crippen LogP contribution < -0.4 is 5.73 Å². The monoisotopic (exact) mass is 223 g/mol. The third-order valence-corrected chi connectivity index (χ3v) is 4.02. The molecular weight excluding hydrogens is 202 g/mol. The van der Waals surface area contributed by atoms with Crippen LogP contribution in [0.25, 0.3) is 0 Å². The number of thioether (sulfide) groups is 1. The van der Waals surface area contributed by atoms with Crippen LogP contribution in [-0.4, -0.2) is 5.25 Å². The molecule has 0 heterocycles. The second-order valence-corrected chi connectivity index (χ2v) is 5.37. The summed E-state index contributed by atoms with van der Waals surface area (Å²) in [6.45, 7) is 6.62. The summed E-state index contributed by atoms with van der Waals surface area (Å²) in [5, 5.41) is 0.662. The molecule has 2 N–H and O–H groups in total. The first kappa shape index (κ1) is 12.6. The Morgan fingerprint density at radius 2 is 1.87 bits per heavy atom. The van der Waals surface area contributed by atoms with Crippen LogP contribution in [-0.2, 0) is 0 Å². The van der Waals surface area contributed by atoms with Gasteiger partial charge in [0, 0.05) is 16.2 Å². The lowest BCUT2D eigenvalue weighted by Crippen LogP contribution is -2.10. The van der Waals surface area contributed by atoms with Gasteiger partial charge in [-0.2, -0.15) is 0 Å². The van der Waals surface area contributed by atoms with Crippen molar-refractivity contribution in [2.75, 3.05) is 0 Å². The Morgan fingerprint density at radius 3 is 2.47 bits per heavy atom. The zero-order chi connectivity index (χ0) is 11.3. The average molecular weight is 223 g/mol. The first-order chi connectivity index (χ1) is 7.19. The van der Waals surface area contributed by atoms with Gasteiger partial charge in [-0.15, -0.1) is 11.8 Å². The molecule has 1 unspecified atom stereocenters. The van der Waals surface area contributed by atoms with Gasteiger partial charge in [-0.3, -0.25) is 0 Å². The quantitative estimate of drug-likeness (QED) is 0.764. The van der Waals surface area contributed by atoms with Gasteiger partial charge in [0.05, 0.1) is 0 Å². The van der Waals surface area contributed by atoms with Crippen molar-refractivity contribution in [3.63, 3.8) is 0 Å². The molecule has 1 rings (SSSR count). The maximum atomic E-state index is 6.10. The predicted molar refractivity (Wildman–Crippen MR) is 69.3 cm³/mol. The highest BCUT2D eigenvalue weighted by Crippen LogP contribution is 2.31. The summed E-state index contributed by atoms with van der Waals surface area (Å²) in [5.74, 6) is 0. The zero-order valence-electron chi connectivity index (χ0n) is 9.86. The van der Waals surface area contributed by atoms with E-state index in [0.717, 1.165) is 6.42 Å². The van der Waals surface area contributed by atoms with Crippen molar-refractivity contribution in [1.82, 2.24) is 0 Å². The van der Waals surface area contributed by atoms with Crippen molar-refractivity contribution in [2.45, 2.75) is 49.8 Å². The smallest absolute Gasteiger partial charge is 0.0303 e. The number of hydrogen-bond acceptors (Lipinski definition) is 2. The van der Waals surface area contributed by atoms with E-state index in [-0.39, 0.29) is 6.04 Å². The minimum absolute atomic E-state index is 0.178. The molecule has 0 radical (unpaired) electrons. The molecule has 0 aromatic heterocycles. The van der Waals surface area contributed by atoms with Crippen LogP contribution in [0.2, 0.25) is 0 Å². The van der Waals surface area contributed by atoms with Crippen molar-refractivity contribution in [3.8, 4) is 0 Å². The minimum atomic E-state index is 0.178. The molecule has 1 nitrogen and oxygen atoms in total. The molecule has 1 aromatic carbocycles. The van der Waals surface area contributed by atoms with E-state index in [2.05, 4.69) is 45.0 Å². The Labute approximate surface area is 97.4 Å². The maximum absolute atomic E-state index is 6.10. The maximum Gasteiger partial charge on any atom is 0.0303 e. The molecule has 2 atom stereocenters. The largest absolute Gasteiger partial charge is 0.324 e. The Hall–Kier alpha value is -0.470. The molecule has 84 valence electrons. The zero-order valence-corrected chi connectivity index (χ0v) is 10.7. The molecule has 15 heavy (non-hydrogen) atoms. The van der Waals surface area contributed by atoms with Crippen LogP contribution in [0.1, 0.15) is 45.2 Å². The van der Waals surface area contributed by atoms with Gasteiger partial charge in [0.2, 0.25) is 0 Å². The van der Waals surface area contributed by atoms with Gasteiger partial charge in [-0.1, -0.05) is 39.0 Å². The van der Waals surface area contributed by atoms with Crippen molar-refractivity contribution in [1.29, 1.82) is 0 Å². The minimum Gasteiger partial charge on any atom is -0.324 e. The van der Waals surface area contributed by atoms with E-state index in [1.54, 1.807) is 0 Å². The number of rotatable bonds is 5. The van der Waals surface area contributed by atoms with Crippen LogP contribution in [0.4, 0.5) is 0 Å². The van der Waals surface area contributed by atoms with Crippen LogP contribution in [0.15, 0.2) is 29.2 Å². The van der Waals surface area contributed by atoms with Gasteiger partial charge < -0.3 is 5.73 Å². The topological polar surface area (TPSA) is 26.0 Å². The first-order valence-electron chi connectivity index (χ1n) is 5.70. The molecular formula is C13H21NS. The lowest BCUT2D eigenvalue weighted by atomic mass is 10.1. The molecule has 0 fully saturated rings. The van der Waals surface area contributed by atoms with Gasteiger partial charge in [0.25, 0.3) is 0 Å². The summed E-state index contributed by atoms with van der Waals surface area (Å²) in [7, 11) is 0. The van der Waals surface area contributed by atoms with E-state index in [1.165, 1.54) is 16.9 Å². The highest BCUT2D eigenvalue weighted by atomic mass is 32.2. The Bertz CT molecular complexity index is 298. The Morgan fingerprint density at radius 1 is 1.20 bits per heavy atom. The standard InChI is InChI=1S/C13H21NS/c1-4-10(3)15-13-9-7-6-8-11(13)12(14)5-2/h6-10,12H,4-5,14H2,1-3H3/t10?,12-/m1/s1. The Kier molecular flexibility index (Phi) is 5.20. The van der Waals surface area contributed by atoms with Gasteiger partial charge in [-0.05, 0) is 24.5 Å². The Balaban J connectivity index is 2.86. The molecule has 0 aliphatic heterocycles. The van der Waals surface area contributed by atoms with E-state index >= 15 is 0 Å². The van der Waals surface area contributed by atoms with Crippen molar-refractivity contribution in [3.05, 3.63) is 29.8 Å². The SMILES string of the molecule is CCC(C)Sc1ccccc1[C@H](N)CC. The number of hydrogen-bond donors (Lipinski definition) is 1. The van der Waals surface area contributed by atoms with Crippen LogP contribution in [0, 0.1) is 0 Å². The summed E-state index contributed by atoms with van der Waals surface area (Å²) in [4.78, 5) is 1.35. The molecule has 0 aliphatic rings. The van der Waals surface area contributed by atoms with Gasteiger partial charge in [0.15, 0.2) is 0 Å². The second-order valence-electron chi connectivity index (χ2n) is 3.89. The van der Waals surface area contributed by atoms with Crippen LogP contribution >= 0.6 is 11.8 Å². The normalized spacial score (nSPS) is 14.9. The fourth-order valence-corrected chi connectivity index (χ4v) is 2.53. The van der Waals surface area contributed by atoms with Crippen molar-refractivity contribution >= 4 is 11.8 Å². The molecule has 0 bridgehead atoms. The molecule has 1 aromatic rings. The summed E-state index contributed by atoms with van der Waals surface area (Å²) < 4.78 is 0. The van der Waals surface area contributed by atoms with Gasteiger partial charge in [0.1, 0.15) is 0 Å². The van der Waals surface area contributed by atoms with E-state index in [4.69, 9.17) is 5.73 Å². The highest BCUT2D eigenvalue weighted by molar-refractivity contribution is 8.00. The third kappa shape index (κ3) is 3.54. The van der Waals surface area contributed by atoms with Crippen molar-refractivity contribution < 1.29 is 0 Å². The lowest BCUT2D eigenvalue weighted by Gasteiger charge is -2.16. The summed E-state index contributed by atoms with van der Waals surface area (Å²) in [5.41, 5.74) is 7.40. The van der Waals surface area contributed by atoms with Gasteiger partial charge >= 0.3 is 0 Å². The summed E-state index contributed by atoms with van der Waals surface area (Å²) in [6, 6.07) is 8.68. The first-order valence-corrected chi connectivity index (χ1v) is 6.58. The van der Waals surface area contributed by atoms with Crippen LogP contribution in [0.5, 0.6) is 0 Å². The second kappa shape index (κ2) is 6.19. The van der Waals surface area contributed by atoms with E-state index in [1.807, 2.05) is 11.8 Å². The molecule has 2 heteroatoms. The van der Waals surface area contributed by atoms with E-state index in [0.29, 0.717) is 5.25 Å². The highest BCUT2D eigenvalue weighted by Gasteiger charge is 2.10. The summed E-state index contributed by atoms with van der Waals surface area (Å²) >= 11 is 1.93. The number of benzene rings is 1. The average Bonchev–Trinajstić information content (AvgIpc) is 2.28. The van der Waals surface area contributed by atoms with Crippen molar-refractivity contribution in [2.24, 2.45) is 5.73 Å². The number of nitrogens with two attached hydrogens (primary N) is 1. The third-order valence-electron chi connectivity index (χ3n) is 2.66. The molecule has 0 aliphatic carbocycles. The molecule has 0 spiro atoms. The van der Waals surface area contributed by atoms with Crippen LogP contribution in [0.3, 0.4) is 0 Å². The van der Waals surface area contributed by atoms with E-state index in [9.17, 15) is 0 Å². The molecule has 0 saturated carbocycles. The molecule has 0 amide bonds. The van der Waals surface area contributed by atoms with E-state index < -0.39 is 0 Å². The summed E-state index contributed by atoms with van der Waals surface area (Å²) in [6.07, 6.45) is 2.19. The molecule has 0 saturated heterocycles. The fraction of sp³-hybridized carbons (Fsp3) is 0.538. The van der Waals surface area contributed by atoms with Gasteiger partial charge in [-0.25, -0.2) is 0 Å². The predicted octanol–water partition coefficient (Wildman–Crippen LogP) is 3.99. The fourth-order valence-electron chi connectivity index (χ4n) is 1.41.